The number of aromatic hydroxyl groups is 1. The Morgan fingerprint density at radius 3 is 2.49 bits per heavy atom. The lowest BCUT2D eigenvalue weighted by atomic mass is 9.91. The second kappa shape index (κ2) is 12.7. The number of anilines is 1. The van der Waals surface area contributed by atoms with Gasteiger partial charge in [0.25, 0.3) is 0 Å². The average molecular weight is 677 g/mol. The lowest BCUT2D eigenvalue weighted by molar-refractivity contribution is -0.141. The first-order valence-corrected chi connectivity index (χ1v) is 16.4. The van der Waals surface area contributed by atoms with Crippen LogP contribution in [0, 0.1) is 11.6 Å². The van der Waals surface area contributed by atoms with Gasteiger partial charge < -0.3 is 24.5 Å². The first-order valence-electron chi connectivity index (χ1n) is 16.4. The third kappa shape index (κ3) is 6.94. The van der Waals surface area contributed by atoms with Gasteiger partial charge in [0.2, 0.25) is 11.8 Å². The SMILES string of the molecule is C[C@@H]1CN(CC(=O)N2CC(C)(C)c3nnc(Cc4ccc(F)cc4F)cc32)[C@H](C(=O)N2Cc3cccc(O)c3C2)CN1C(=O)OC(C)(C)C. The Hall–Kier alpha value is -4.65. The van der Waals surface area contributed by atoms with Crippen LogP contribution in [0.1, 0.15) is 69.6 Å². The van der Waals surface area contributed by atoms with Gasteiger partial charge in [-0.05, 0) is 57.0 Å². The summed E-state index contributed by atoms with van der Waals surface area (Å²) in [6.45, 7) is 12.1. The first kappa shape index (κ1) is 34.2. The number of ether oxygens (including phenoxy) is 1. The van der Waals surface area contributed by atoms with Crippen LogP contribution in [0.15, 0.2) is 42.5 Å². The summed E-state index contributed by atoms with van der Waals surface area (Å²) in [5.41, 5.74) is 2.10. The molecule has 0 saturated carbocycles. The van der Waals surface area contributed by atoms with Crippen LogP contribution in [0.2, 0.25) is 0 Å². The largest absolute Gasteiger partial charge is 0.508 e. The molecular formula is C36H42F2N6O5. The van der Waals surface area contributed by atoms with E-state index in [-0.39, 0.29) is 61.8 Å². The number of halogens is 2. The molecule has 1 N–H and O–H groups in total. The van der Waals surface area contributed by atoms with Crippen LogP contribution in [0.4, 0.5) is 19.3 Å². The molecule has 260 valence electrons. The Labute approximate surface area is 284 Å². The summed E-state index contributed by atoms with van der Waals surface area (Å²) in [6, 6.07) is 9.06. The number of hydrogen-bond donors (Lipinski definition) is 1. The van der Waals surface area contributed by atoms with E-state index >= 15 is 0 Å². The van der Waals surface area contributed by atoms with Gasteiger partial charge in [0, 0.05) is 55.7 Å². The zero-order valence-corrected chi connectivity index (χ0v) is 28.7. The van der Waals surface area contributed by atoms with Gasteiger partial charge in [0.1, 0.15) is 29.0 Å². The molecule has 0 radical (unpaired) electrons. The van der Waals surface area contributed by atoms with Crippen molar-refractivity contribution in [1.82, 2.24) is 24.9 Å². The lowest BCUT2D eigenvalue weighted by Gasteiger charge is -2.45. The molecule has 3 aliphatic rings. The van der Waals surface area contributed by atoms with Gasteiger partial charge in [-0.1, -0.05) is 32.0 Å². The molecule has 0 aliphatic carbocycles. The molecular weight excluding hydrogens is 634 g/mol. The summed E-state index contributed by atoms with van der Waals surface area (Å²) < 4.78 is 33.6. The van der Waals surface area contributed by atoms with E-state index in [1.54, 1.807) is 53.7 Å². The first-order chi connectivity index (χ1) is 23.0. The van der Waals surface area contributed by atoms with Gasteiger partial charge >= 0.3 is 6.09 Å². The number of benzene rings is 2. The fourth-order valence-corrected chi connectivity index (χ4v) is 6.89. The van der Waals surface area contributed by atoms with Gasteiger partial charge in [0.15, 0.2) is 0 Å². The number of piperazine rings is 1. The summed E-state index contributed by atoms with van der Waals surface area (Å²) >= 11 is 0. The third-order valence-electron chi connectivity index (χ3n) is 9.36. The van der Waals surface area contributed by atoms with E-state index in [0.29, 0.717) is 35.7 Å². The number of rotatable bonds is 5. The normalized spacial score (nSPS) is 20.3. The predicted molar refractivity (Wildman–Crippen MR) is 177 cm³/mol. The highest BCUT2D eigenvalue weighted by Crippen LogP contribution is 2.39. The summed E-state index contributed by atoms with van der Waals surface area (Å²) in [7, 11) is 0. The molecule has 4 heterocycles. The highest BCUT2D eigenvalue weighted by molar-refractivity contribution is 5.97. The summed E-state index contributed by atoms with van der Waals surface area (Å²) in [5.74, 6) is -1.78. The van der Waals surface area contributed by atoms with Crippen LogP contribution in [-0.2, 0) is 39.3 Å². The van der Waals surface area contributed by atoms with Gasteiger partial charge in [-0.15, -0.1) is 0 Å². The van der Waals surface area contributed by atoms with Crippen LogP contribution in [-0.4, -0.2) is 91.8 Å². The molecule has 1 fully saturated rings. The molecule has 49 heavy (non-hydrogen) atoms. The topological polar surface area (TPSA) is 119 Å². The monoisotopic (exact) mass is 676 g/mol. The van der Waals surface area contributed by atoms with Crippen molar-refractivity contribution in [2.45, 2.75) is 84.2 Å². The van der Waals surface area contributed by atoms with E-state index in [9.17, 15) is 28.3 Å². The minimum atomic E-state index is -0.855. The van der Waals surface area contributed by atoms with Gasteiger partial charge in [0.05, 0.1) is 30.2 Å². The van der Waals surface area contributed by atoms with E-state index in [1.165, 1.54) is 12.1 Å². The summed E-state index contributed by atoms with van der Waals surface area (Å²) in [4.78, 5) is 48.4. The van der Waals surface area contributed by atoms with Crippen molar-refractivity contribution in [3.8, 4) is 5.75 Å². The number of amides is 3. The Morgan fingerprint density at radius 1 is 1.04 bits per heavy atom. The van der Waals surface area contributed by atoms with Crippen LogP contribution in [0.25, 0.3) is 0 Å². The minimum absolute atomic E-state index is 0.0158. The van der Waals surface area contributed by atoms with Crippen molar-refractivity contribution >= 4 is 23.6 Å². The molecule has 0 unspecified atom stereocenters. The Morgan fingerprint density at radius 2 is 1.80 bits per heavy atom. The number of nitrogens with zero attached hydrogens (tertiary/aromatic N) is 6. The number of phenols is 1. The molecule has 0 spiro atoms. The molecule has 0 bridgehead atoms. The zero-order valence-electron chi connectivity index (χ0n) is 28.7. The molecule has 13 heteroatoms. The number of aromatic nitrogens is 2. The molecule has 1 aromatic heterocycles. The zero-order chi connectivity index (χ0) is 35.4. The molecule has 3 aromatic rings. The van der Waals surface area contributed by atoms with E-state index in [0.717, 1.165) is 11.6 Å². The fourth-order valence-electron chi connectivity index (χ4n) is 6.89. The van der Waals surface area contributed by atoms with Crippen LogP contribution in [0.5, 0.6) is 5.75 Å². The maximum absolute atomic E-state index is 14.5. The highest BCUT2D eigenvalue weighted by atomic mass is 19.1. The number of phenolic OH excluding ortho intramolecular Hbond substituents is 1. The minimum Gasteiger partial charge on any atom is -0.508 e. The van der Waals surface area contributed by atoms with Crippen molar-refractivity contribution in [2.24, 2.45) is 0 Å². The van der Waals surface area contributed by atoms with Crippen molar-refractivity contribution < 1.29 is 33.0 Å². The van der Waals surface area contributed by atoms with Crippen LogP contribution >= 0.6 is 0 Å². The molecule has 3 amide bonds. The average Bonchev–Trinajstić information content (AvgIpc) is 3.57. The number of carbonyl (C=O) groups excluding carboxylic acids is 3. The van der Waals surface area contributed by atoms with Crippen LogP contribution < -0.4 is 4.90 Å². The molecule has 2 aromatic carbocycles. The molecule has 11 nitrogen and oxygen atoms in total. The van der Waals surface area contributed by atoms with Crippen LogP contribution in [0.3, 0.4) is 0 Å². The number of carbonyl (C=O) groups is 3. The second-order valence-electron chi connectivity index (χ2n) is 14.9. The maximum Gasteiger partial charge on any atom is 0.410 e. The Bertz CT molecular complexity index is 1810. The van der Waals surface area contributed by atoms with Gasteiger partial charge in [-0.3, -0.25) is 14.5 Å². The van der Waals surface area contributed by atoms with E-state index in [1.807, 2.05) is 31.7 Å². The highest BCUT2D eigenvalue weighted by Gasteiger charge is 2.45. The molecule has 3 aliphatic heterocycles. The van der Waals surface area contributed by atoms with Crippen molar-refractivity contribution in [3.05, 3.63) is 82.2 Å². The van der Waals surface area contributed by atoms with Gasteiger partial charge in [-0.25, -0.2) is 13.6 Å². The third-order valence-corrected chi connectivity index (χ3v) is 9.36. The molecule has 1 saturated heterocycles. The van der Waals surface area contributed by atoms with Crippen molar-refractivity contribution in [3.63, 3.8) is 0 Å². The Kier molecular flexibility index (Phi) is 8.85. The second-order valence-corrected chi connectivity index (χ2v) is 14.9. The molecule has 2 atom stereocenters. The lowest BCUT2D eigenvalue weighted by Crippen LogP contribution is -2.64. The van der Waals surface area contributed by atoms with E-state index < -0.39 is 34.8 Å². The number of fused-ring (bicyclic) bond motifs is 2. The predicted octanol–water partition coefficient (Wildman–Crippen LogP) is 4.53. The van der Waals surface area contributed by atoms with E-state index in [2.05, 4.69) is 10.2 Å². The van der Waals surface area contributed by atoms with Crippen molar-refractivity contribution in [1.29, 1.82) is 0 Å². The Balaban J connectivity index is 1.26. The standard InChI is InChI=1S/C36H42F2N6O5/c1-21-15-41(29(18-43(21)34(48)49-35(2,3)4)33(47)42-16-23-8-7-9-30(45)26(23)17-42)19-31(46)44-20-36(5,6)32-28(44)14-25(39-40-32)12-22-10-11-24(37)13-27(22)38/h7-11,13-14,21,29,45H,12,15-20H2,1-6H3/t21-,29+/m1/s1. The van der Waals surface area contributed by atoms with Crippen molar-refractivity contribution in [2.75, 3.05) is 31.1 Å². The van der Waals surface area contributed by atoms with E-state index in [4.69, 9.17) is 4.74 Å². The number of hydrogen-bond acceptors (Lipinski definition) is 8. The maximum atomic E-state index is 14.5. The fraction of sp³-hybridized carbons (Fsp3) is 0.472. The summed E-state index contributed by atoms with van der Waals surface area (Å²) in [5, 5.41) is 19.2. The quantitative estimate of drug-likeness (QED) is 0.419. The molecule has 6 rings (SSSR count). The smallest absolute Gasteiger partial charge is 0.410 e. The van der Waals surface area contributed by atoms with Gasteiger partial charge in [-0.2, -0.15) is 10.2 Å². The summed E-state index contributed by atoms with van der Waals surface area (Å²) in [6.07, 6.45) is -0.478.